The van der Waals surface area contributed by atoms with Crippen molar-refractivity contribution in [2.24, 2.45) is 0 Å². The predicted molar refractivity (Wildman–Crippen MR) is 88.6 cm³/mol. The first-order valence-corrected chi connectivity index (χ1v) is 7.88. The van der Waals surface area contributed by atoms with Crippen molar-refractivity contribution < 1.29 is 22.7 Å². The number of nitriles is 1. The number of Topliss-reactive ketones (excluding diaryl/α,β-unsaturated/α-hetero) is 1. The molecule has 1 aromatic carbocycles. The van der Waals surface area contributed by atoms with Gasteiger partial charge in [0.25, 0.3) is 0 Å². The summed E-state index contributed by atoms with van der Waals surface area (Å²) < 4.78 is 43.3. The molecule has 0 radical (unpaired) electrons. The molecular weight excluding hydrogens is 345 g/mol. The second-order valence-electron chi connectivity index (χ2n) is 5.82. The lowest BCUT2D eigenvalue weighted by Gasteiger charge is -2.13. The van der Waals surface area contributed by atoms with Crippen LogP contribution in [0, 0.1) is 25.2 Å². The predicted octanol–water partition coefficient (Wildman–Crippen LogP) is 4.36. The number of benzene rings is 1. The Bertz CT molecular complexity index is 804. The maximum Gasteiger partial charge on any atom is 0.417 e. The number of aryl methyl sites for hydroxylation is 2. The number of rotatable bonds is 6. The highest BCUT2D eigenvalue weighted by Gasteiger charge is 2.31. The third-order valence-electron chi connectivity index (χ3n) is 3.86. The van der Waals surface area contributed by atoms with Crippen LogP contribution in [0.4, 0.5) is 13.2 Å². The van der Waals surface area contributed by atoms with Gasteiger partial charge in [0.1, 0.15) is 11.7 Å². The van der Waals surface area contributed by atoms with Crippen LogP contribution in [0.5, 0.6) is 5.75 Å². The molecule has 4 nitrogen and oxygen atoms in total. The van der Waals surface area contributed by atoms with E-state index in [0.717, 1.165) is 23.3 Å². The summed E-state index contributed by atoms with van der Waals surface area (Å²) in [6, 6.07) is 9.33. The second kappa shape index (κ2) is 8.00. The molecule has 0 saturated carbocycles. The molecule has 0 spiro atoms. The fraction of sp³-hybridized carbons (Fsp3) is 0.316. The van der Waals surface area contributed by atoms with E-state index < -0.39 is 23.4 Å². The standard InChI is InChI=1S/C19H17F3N2O2/c1-12-4-3-5-13(2)18(12)26-9-8-17(25)15(10-23)16-7-6-14(11-24-16)19(20,21)22/h3-7,11,15H,8-9H2,1-2H3. The Kier molecular flexibility index (Phi) is 5.98. The number of carbonyl (C=O) groups excluding carboxylic acids is 1. The summed E-state index contributed by atoms with van der Waals surface area (Å²) in [5.41, 5.74) is 0.929. The maximum atomic E-state index is 12.6. The summed E-state index contributed by atoms with van der Waals surface area (Å²) in [6.07, 6.45) is -3.94. The quantitative estimate of drug-likeness (QED) is 0.766. The van der Waals surface area contributed by atoms with E-state index in [1.54, 1.807) is 6.07 Å². The van der Waals surface area contributed by atoms with E-state index in [4.69, 9.17) is 4.74 Å². The van der Waals surface area contributed by atoms with E-state index in [-0.39, 0.29) is 18.7 Å². The van der Waals surface area contributed by atoms with Crippen LogP contribution in [0.1, 0.15) is 34.7 Å². The van der Waals surface area contributed by atoms with Crippen LogP contribution < -0.4 is 4.74 Å². The molecule has 1 heterocycles. The summed E-state index contributed by atoms with van der Waals surface area (Å²) >= 11 is 0. The second-order valence-corrected chi connectivity index (χ2v) is 5.82. The van der Waals surface area contributed by atoms with Gasteiger partial charge in [0, 0.05) is 12.6 Å². The molecule has 0 aliphatic heterocycles. The average Bonchev–Trinajstić information content (AvgIpc) is 2.58. The normalized spacial score (nSPS) is 12.3. The molecular formula is C19H17F3N2O2. The minimum absolute atomic E-state index is 0.00225. The van der Waals surface area contributed by atoms with Gasteiger partial charge in [0.05, 0.1) is 23.9 Å². The van der Waals surface area contributed by atoms with Gasteiger partial charge in [-0.1, -0.05) is 18.2 Å². The first-order valence-electron chi connectivity index (χ1n) is 7.88. The van der Waals surface area contributed by atoms with Crippen molar-refractivity contribution in [3.8, 4) is 11.8 Å². The number of halogens is 3. The summed E-state index contributed by atoms with van der Waals surface area (Å²) in [4.78, 5) is 15.9. The topological polar surface area (TPSA) is 63.0 Å². The Hall–Kier alpha value is -2.88. The van der Waals surface area contributed by atoms with Crippen molar-refractivity contribution in [3.63, 3.8) is 0 Å². The highest BCUT2D eigenvalue weighted by molar-refractivity contribution is 5.88. The van der Waals surface area contributed by atoms with Gasteiger partial charge < -0.3 is 4.74 Å². The monoisotopic (exact) mass is 362 g/mol. The van der Waals surface area contributed by atoms with E-state index in [1.165, 1.54) is 0 Å². The summed E-state index contributed by atoms with van der Waals surface area (Å²) in [5, 5.41) is 9.21. The molecule has 1 atom stereocenters. The largest absolute Gasteiger partial charge is 0.493 e. The smallest absolute Gasteiger partial charge is 0.417 e. The Labute approximate surface area is 149 Å². The third kappa shape index (κ3) is 4.60. The minimum atomic E-state index is -4.52. The molecule has 0 aliphatic rings. The van der Waals surface area contributed by atoms with Crippen molar-refractivity contribution in [3.05, 3.63) is 58.9 Å². The first-order chi connectivity index (χ1) is 12.2. The molecule has 136 valence electrons. The number of ether oxygens (including phenoxy) is 1. The SMILES string of the molecule is Cc1cccc(C)c1OCCC(=O)C(C#N)c1ccc(C(F)(F)F)cn1. The summed E-state index contributed by atoms with van der Waals surface area (Å²) in [6.45, 7) is 3.84. The van der Waals surface area contributed by atoms with Crippen molar-refractivity contribution in [2.75, 3.05) is 6.61 Å². The molecule has 2 rings (SSSR count). The number of ketones is 1. The average molecular weight is 362 g/mol. The van der Waals surface area contributed by atoms with Crippen LogP contribution >= 0.6 is 0 Å². The zero-order valence-corrected chi connectivity index (χ0v) is 14.3. The van der Waals surface area contributed by atoms with Gasteiger partial charge in [-0.15, -0.1) is 0 Å². The minimum Gasteiger partial charge on any atom is -0.493 e. The molecule has 1 unspecified atom stereocenters. The maximum absolute atomic E-state index is 12.6. The zero-order valence-electron chi connectivity index (χ0n) is 14.3. The molecule has 1 aromatic heterocycles. The first kappa shape index (κ1) is 19.4. The lowest BCUT2D eigenvalue weighted by molar-refractivity contribution is -0.137. The van der Waals surface area contributed by atoms with Crippen LogP contribution in [-0.4, -0.2) is 17.4 Å². The van der Waals surface area contributed by atoms with Gasteiger partial charge in [0.2, 0.25) is 0 Å². The van der Waals surface area contributed by atoms with Crippen LogP contribution in [-0.2, 0) is 11.0 Å². The number of pyridine rings is 1. The number of para-hydroxylation sites is 1. The highest BCUT2D eigenvalue weighted by atomic mass is 19.4. The van der Waals surface area contributed by atoms with Crippen LogP contribution in [0.3, 0.4) is 0 Å². The van der Waals surface area contributed by atoms with E-state index >= 15 is 0 Å². The van der Waals surface area contributed by atoms with Gasteiger partial charge in [0.15, 0.2) is 5.78 Å². The van der Waals surface area contributed by atoms with Gasteiger partial charge in [-0.2, -0.15) is 18.4 Å². The van der Waals surface area contributed by atoms with Gasteiger partial charge >= 0.3 is 6.18 Å². The molecule has 2 aromatic rings. The summed E-state index contributed by atoms with van der Waals surface area (Å²) in [5.74, 6) is -0.994. The van der Waals surface area contributed by atoms with Crippen LogP contribution in [0.2, 0.25) is 0 Å². The molecule has 0 bridgehead atoms. The van der Waals surface area contributed by atoms with E-state index in [9.17, 15) is 23.2 Å². The van der Waals surface area contributed by atoms with Crippen molar-refractivity contribution in [1.29, 1.82) is 5.26 Å². The fourth-order valence-electron chi connectivity index (χ4n) is 2.47. The number of nitrogens with zero attached hydrogens (tertiary/aromatic N) is 2. The van der Waals surface area contributed by atoms with Crippen molar-refractivity contribution in [2.45, 2.75) is 32.4 Å². The molecule has 26 heavy (non-hydrogen) atoms. The Morgan fingerprint density at radius 1 is 1.23 bits per heavy atom. The number of aromatic nitrogens is 1. The Balaban J connectivity index is 2.02. The van der Waals surface area contributed by atoms with Crippen molar-refractivity contribution >= 4 is 5.78 Å². The van der Waals surface area contributed by atoms with Gasteiger partial charge in [-0.25, -0.2) is 0 Å². The third-order valence-corrected chi connectivity index (χ3v) is 3.86. The van der Waals surface area contributed by atoms with Crippen LogP contribution in [0.25, 0.3) is 0 Å². The van der Waals surface area contributed by atoms with E-state index in [2.05, 4.69) is 4.98 Å². The van der Waals surface area contributed by atoms with Crippen molar-refractivity contribution in [1.82, 2.24) is 4.98 Å². The number of hydrogen-bond donors (Lipinski definition) is 0. The van der Waals surface area contributed by atoms with E-state index in [1.807, 2.05) is 32.0 Å². The lowest BCUT2D eigenvalue weighted by Crippen LogP contribution is -2.16. The van der Waals surface area contributed by atoms with Gasteiger partial charge in [-0.3, -0.25) is 9.78 Å². The number of alkyl halides is 3. The number of hydrogen-bond acceptors (Lipinski definition) is 4. The molecule has 0 N–H and O–H groups in total. The number of carbonyl (C=O) groups is 1. The Morgan fingerprint density at radius 2 is 1.88 bits per heavy atom. The highest BCUT2D eigenvalue weighted by Crippen LogP contribution is 2.29. The zero-order chi connectivity index (χ0) is 19.3. The Morgan fingerprint density at radius 3 is 2.38 bits per heavy atom. The molecule has 0 fully saturated rings. The fourth-order valence-corrected chi connectivity index (χ4v) is 2.47. The molecule has 0 amide bonds. The van der Waals surface area contributed by atoms with Gasteiger partial charge in [-0.05, 0) is 37.1 Å². The van der Waals surface area contributed by atoms with Crippen LogP contribution in [0.15, 0.2) is 36.5 Å². The lowest BCUT2D eigenvalue weighted by atomic mass is 9.98. The van der Waals surface area contributed by atoms with E-state index in [0.29, 0.717) is 11.9 Å². The summed E-state index contributed by atoms with van der Waals surface area (Å²) in [7, 11) is 0. The molecule has 7 heteroatoms. The molecule has 0 saturated heterocycles. The molecule has 0 aliphatic carbocycles.